The number of nitrogens with zero attached hydrogens (tertiary/aromatic N) is 2. The van der Waals surface area contributed by atoms with Crippen molar-refractivity contribution in [1.29, 1.82) is 0 Å². The van der Waals surface area contributed by atoms with E-state index in [1.807, 2.05) is 60.7 Å². The number of aryl methyl sites for hydroxylation is 1. The number of aromatic nitrogens is 2. The Balaban J connectivity index is 1.55. The van der Waals surface area contributed by atoms with E-state index < -0.39 is 0 Å². The Morgan fingerprint density at radius 2 is 1.77 bits per heavy atom. The monoisotopic (exact) mass is 502 g/mol. The number of benzene rings is 2. The average molecular weight is 503 g/mol. The predicted octanol–water partition coefficient (Wildman–Crippen LogP) is 6.63. The number of ketones is 1. The molecule has 0 fully saturated rings. The molecule has 0 spiro atoms. The van der Waals surface area contributed by atoms with E-state index in [1.165, 1.54) is 22.2 Å². The molecule has 0 saturated heterocycles. The molecule has 2 aromatic heterocycles. The third-order valence-electron chi connectivity index (χ3n) is 6.97. The molecule has 0 amide bonds. The van der Waals surface area contributed by atoms with Gasteiger partial charge in [-0.2, -0.15) is 0 Å². The van der Waals surface area contributed by atoms with Gasteiger partial charge in [0.05, 0.1) is 17.7 Å². The van der Waals surface area contributed by atoms with Crippen molar-refractivity contribution in [3.63, 3.8) is 0 Å². The van der Waals surface area contributed by atoms with Gasteiger partial charge in [0.2, 0.25) is 0 Å². The molecule has 1 atom stereocenters. The van der Waals surface area contributed by atoms with E-state index in [1.54, 1.807) is 15.9 Å². The van der Waals surface area contributed by atoms with Crippen molar-refractivity contribution in [2.45, 2.75) is 51.7 Å². The highest BCUT2D eigenvalue weighted by Crippen LogP contribution is 2.42. The summed E-state index contributed by atoms with van der Waals surface area (Å²) in [5.74, 6) is 0.884. The summed E-state index contributed by atoms with van der Waals surface area (Å²) in [6.45, 7) is 7.36. The Morgan fingerprint density at radius 3 is 2.46 bits per heavy atom. The molecule has 1 aliphatic carbocycles. The SMILES string of the molecule is CC(C)(C)[C@H]1CCc2c(sc3nc(SCC(=O)c4ccccc4)n(Cc4ccccc4)c(=O)c23)C1. The minimum Gasteiger partial charge on any atom is -0.293 e. The Kier molecular flexibility index (Phi) is 6.69. The van der Waals surface area contributed by atoms with Crippen LogP contribution >= 0.6 is 23.1 Å². The molecule has 0 saturated carbocycles. The molecule has 1 aliphatic rings. The van der Waals surface area contributed by atoms with Gasteiger partial charge in [0.1, 0.15) is 4.83 Å². The van der Waals surface area contributed by atoms with Crippen LogP contribution in [0.25, 0.3) is 10.2 Å². The van der Waals surface area contributed by atoms with Crippen LogP contribution in [0.3, 0.4) is 0 Å². The smallest absolute Gasteiger partial charge is 0.263 e. The molecule has 2 heterocycles. The van der Waals surface area contributed by atoms with Crippen LogP contribution in [0.5, 0.6) is 0 Å². The van der Waals surface area contributed by atoms with E-state index in [4.69, 9.17) is 4.98 Å². The lowest BCUT2D eigenvalue weighted by atomic mass is 9.72. The highest BCUT2D eigenvalue weighted by atomic mass is 32.2. The molecule has 4 aromatic rings. The van der Waals surface area contributed by atoms with Crippen LogP contribution in [0.4, 0.5) is 0 Å². The van der Waals surface area contributed by atoms with Crippen molar-refractivity contribution in [2.24, 2.45) is 11.3 Å². The number of rotatable bonds is 6. The van der Waals surface area contributed by atoms with Crippen LogP contribution in [0.1, 0.15) is 53.6 Å². The number of fused-ring (bicyclic) bond motifs is 3. The average Bonchev–Trinajstić information content (AvgIpc) is 3.23. The van der Waals surface area contributed by atoms with Gasteiger partial charge in [0.25, 0.3) is 5.56 Å². The fourth-order valence-corrected chi connectivity index (χ4v) is 7.07. The number of carbonyl (C=O) groups is 1. The van der Waals surface area contributed by atoms with Gasteiger partial charge in [0.15, 0.2) is 10.9 Å². The summed E-state index contributed by atoms with van der Waals surface area (Å²) in [5, 5.41) is 1.40. The molecule has 6 heteroatoms. The van der Waals surface area contributed by atoms with Crippen LogP contribution in [0.15, 0.2) is 70.6 Å². The zero-order valence-electron chi connectivity index (χ0n) is 20.4. The summed E-state index contributed by atoms with van der Waals surface area (Å²) >= 11 is 3.03. The van der Waals surface area contributed by atoms with Gasteiger partial charge >= 0.3 is 0 Å². The van der Waals surface area contributed by atoms with Crippen molar-refractivity contribution >= 4 is 39.1 Å². The van der Waals surface area contributed by atoms with E-state index in [9.17, 15) is 9.59 Å². The minimum atomic E-state index is 0.0141. The molecule has 35 heavy (non-hydrogen) atoms. The van der Waals surface area contributed by atoms with Gasteiger partial charge in [0, 0.05) is 10.4 Å². The third kappa shape index (κ3) is 5.00. The lowest BCUT2D eigenvalue weighted by Gasteiger charge is -2.33. The van der Waals surface area contributed by atoms with E-state index in [-0.39, 0.29) is 22.5 Å². The molecule has 180 valence electrons. The first kappa shape index (κ1) is 24.0. The summed E-state index contributed by atoms with van der Waals surface area (Å²) in [6.07, 6.45) is 3.04. The first-order chi connectivity index (χ1) is 16.8. The maximum absolute atomic E-state index is 13.9. The molecular weight excluding hydrogens is 472 g/mol. The van der Waals surface area contributed by atoms with Crippen LogP contribution in [0, 0.1) is 11.3 Å². The third-order valence-corrected chi connectivity index (χ3v) is 9.09. The molecule has 5 rings (SSSR count). The topological polar surface area (TPSA) is 52.0 Å². The largest absolute Gasteiger partial charge is 0.293 e. The van der Waals surface area contributed by atoms with E-state index >= 15 is 0 Å². The fourth-order valence-electron chi connectivity index (χ4n) is 4.83. The van der Waals surface area contributed by atoms with E-state index in [0.717, 1.165) is 35.0 Å². The molecule has 0 aliphatic heterocycles. The van der Waals surface area contributed by atoms with Crippen LogP contribution in [0.2, 0.25) is 0 Å². The molecule has 2 aromatic carbocycles. The maximum atomic E-state index is 13.9. The lowest BCUT2D eigenvalue weighted by molar-refractivity contribution is 0.102. The van der Waals surface area contributed by atoms with Gasteiger partial charge in [-0.1, -0.05) is 93.2 Å². The number of hydrogen-bond donors (Lipinski definition) is 0. The first-order valence-corrected chi connectivity index (χ1v) is 13.9. The molecular formula is C29H30N2O2S2. The summed E-state index contributed by atoms with van der Waals surface area (Å²) in [5.41, 5.74) is 3.18. The van der Waals surface area contributed by atoms with Crippen LogP contribution in [-0.2, 0) is 19.4 Å². The van der Waals surface area contributed by atoms with E-state index in [2.05, 4.69) is 20.8 Å². The van der Waals surface area contributed by atoms with Crippen molar-refractivity contribution in [3.8, 4) is 0 Å². The fraction of sp³-hybridized carbons (Fsp3) is 0.345. The molecule has 0 unspecified atom stereocenters. The number of hydrogen-bond acceptors (Lipinski definition) is 5. The molecule has 0 radical (unpaired) electrons. The Hall–Kier alpha value is -2.70. The lowest BCUT2D eigenvalue weighted by Crippen LogP contribution is -2.27. The maximum Gasteiger partial charge on any atom is 0.263 e. The highest BCUT2D eigenvalue weighted by Gasteiger charge is 2.32. The van der Waals surface area contributed by atoms with Gasteiger partial charge in [-0.15, -0.1) is 11.3 Å². The summed E-state index contributed by atoms with van der Waals surface area (Å²) in [4.78, 5) is 33.8. The molecule has 0 N–H and O–H groups in total. The molecule has 0 bridgehead atoms. The second-order valence-corrected chi connectivity index (χ2v) is 12.4. The Labute approximate surface area is 214 Å². The highest BCUT2D eigenvalue weighted by molar-refractivity contribution is 7.99. The second kappa shape index (κ2) is 9.75. The van der Waals surface area contributed by atoms with Crippen LogP contribution < -0.4 is 5.56 Å². The van der Waals surface area contributed by atoms with Crippen molar-refractivity contribution in [2.75, 3.05) is 5.75 Å². The zero-order chi connectivity index (χ0) is 24.6. The normalized spacial score (nSPS) is 15.8. The van der Waals surface area contributed by atoms with Crippen molar-refractivity contribution in [3.05, 3.63) is 92.6 Å². The Bertz CT molecular complexity index is 1420. The van der Waals surface area contributed by atoms with Gasteiger partial charge in [-0.05, 0) is 41.7 Å². The van der Waals surface area contributed by atoms with E-state index in [0.29, 0.717) is 23.2 Å². The second-order valence-electron chi connectivity index (χ2n) is 10.3. The predicted molar refractivity (Wildman–Crippen MR) is 146 cm³/mol. The standard InChI is InChI=1S/C29H30N2O2S2/c1-29(2,3)21-14-15-22-24(16-21)35-26-25(22)27(33)31(17-19-10-6-4-7-11-19)28(30-26)34-18-23(32)20-12-8-5-9-13-20/h4-13,21H,14-18H2,1-3H3/t21-/m0/s1. The quantitative estimate of drug-likeness (QED) is 0.169. The summed E-state index contributed by atoms with van der Waals surface area (Å²) in [6, 6.07) is 19.3. The van der Waals surface area contributed by atoms with Crippen molar-refractivity contribution < 1.29 is 4.79 Å². The number of Topliss-reactive ketones (excluding diaryl/α,β-unsaturated/α-hetero) is 1. The Morgan fingerprint density at radius 1 is 1.09 bits per heavy atom. The van der Waals surface area contributed by atoms with Gasteiger partial charge in [-0.3, -0.25) is 14.2 Å². The van der Waals surface area contributed by atoms with Crippen LogP contribution in [-0.4, -0.2) is 21.1 Å². The first-order valence-electron chi connectivity index (χ1n) is 12.1. The summed E-state index contributed by atoms with van der Waals surface area (Å²) in [7, 11) is 0. The number of thiophene rings is 1. The zero-order valence-corrected chi connectivity index (χ0v) is 22.0. The van der Waals surface area contributed by atoms with Gasteiger partial charge < -0.3 is 0 Å². The number of carbonyl (C=O) groups excluding carboxylic acids is 1. The minimum absolute atomic E-state index is 0.0141. The van der Waals surface area contributed by atoms with Gasteiger partial charge in [-0.25, -0.2) is 4.98 Å². The molecule has 4 nitrogen and oxygen atoms in total. The number of thioether (sulfide) groups is 1. The summed E-state index contributed by atoms with van der Waals surface area (Å²) < 4.78 is 1.77. The van der Waals surface area contributed by atoms with Crippen molar-refractivity contribution in [1.82, 2.24) is 9.55 Å².